The van der Waals surface area contributed by atoms with E-state index >= 15 is 0 Å². The predicted octanol–water partition coefficient (Wildman–Crippen LogP) is 1.66. The van der Waals surface area contributed by atoms with Crippen molar-refractivity contribution in [3.8, 4) is 0 Å². The summed E-state index contributed by atoms with van der Waals surface area (Å²) in [5, 5.41) is 3.83. The van der Waals surface area contributed by atoms with Crippen LogP contribution in [0.25, 0.3) is 0 Å². The Labute approximate surface area is 100 Å². The lowest BCUT2D eigenvalue weighted by Crippen LogP contribution is -2.23. The van der Waals surface area contributed by atoms with Crippen LogP contribution < -0.4 is 5.56 Å². The molecule has 2 aromatic rings. The lowest BCUT2D eigenvalue weighted by molar-refractivity contribution is 0.408. The minimum Gasteiger partial charge on any atom is -0.364 e. The Morgan fingerprint density at radius 1 is 1.50 bits per heavy atom. The Bertz CT molecular complexity index is 574. The monoisotopic (exact) mass is 283 g/mol. The first kappa shape index (κ1) is 11.1. The summed E-state index contributed by atoms with van der Waals surface area (Å²) in [5.41, 5.74) is 2.22. The standard InChI is InChI=1S/C10H10BrN3O2/c1-6-4-16-13-8(6)3-14-5-12-7(2)9(11)10(14)15/h4-5H,3H2,1-2H3. The predicted molar refractivity (Wildman–Crippen MR) is 61.3 cm³/mol. The zero-order valence-corrected chi connectivity index (χ0v) is 10.5. The molecule has 0 N–H and O–H groups in total. The van der Waals surface area contributed by atoms with E-state index in [0.717, 1.165) is 11.3 Å². The third-order valence-corrected chi connectivity index (χ3v) is 3.24. The molecule has 2 heterocycles. The van der Waals surface area contributed by atoms with Crippen molar-refractivity contribution < 1.29 is 4.52 Å². The van der Waals surface area contributed by atoms with Crippen LogP contribution in [0.4, 0.5) is 0 Å². The molecular formula is C10H10BrN3O2. The minimum absolute atomic E-state index is 0.116. The second-order valence-electron chi connectivity index (χ2n) is 3.52. The maximum Gasteiger partial charge on any atom is 0.268 e. The van der Waals surface area contributed by atoms with E-state index in [1.54, 1.807) is 13.2 Å². The van der Waals surface area contributed by atoms with Crippen molar-refractivity contribution in [3.05, 3.63) is 44.4 Å². The molecule has 0 amide bonds. The first-order valence-electron chi connectivity index (χ1n) is 4.71. The molecule has 0 fully saturated rings. The summed E-state index contributed by atoms with van der Waals surface area (Å²) in [5.74, 6) is 0. The Kier molecular flexibility index (Phi) is 2.91. The second kappa shape index (κ2) is 4.21. The second-order valence-corrected chi connectivity index (χ2v) is 4.31. The van der Waals surface area contributed by atoms with Crippen LogP contribution in [0.15, 0.2) is 26.4 Å². The topological polar surface area (TPSA) is 60.9 Å². The molecular weight excluding hydrogens is 274 g/mol. The van der Waals surface area contributed by atoms with Gasteiger partial charge in [0.15, 0.2) is 0 Å². The van der Waals surface area contributed by atoms with Gasteiger partial charge in [-0.3, -0.25) is 9.36 Å². The third-order valence-electron chi connectivity index (χ3n) is 2.32. The van der Waals surface area contributed by atoms with Crippen LogP contribution in [0.2, 0.25) is 0 Å². The number of halogens is 1. The number of hydrogen-bond acceptors (Lipinski definition) is 4. The maximum atomic E-state index is 11.8. The highest BCUT2D eigenvalue weighted by Gasteiger charge is 2.09. The molecule has 0 spiro atoms. The summed E-state index contributed by atoms with van der Waals surface area (Å²) in [7, 11) is 0. The molecule has 2 rings (SSSR count). The van der Waals surface area contributed by atoms with Crippen molar-refractivity contribution in [2.75, 3.05) is 0 Å². The molecule has 0 aliphatic rings. The van der Waals surface area contributed by atoms with Crippen LogP contribution in [0.1, 0.15) is 17.0 Å². The van der Waals surface area contributed by atoms with Crippen LogP contribution >= 0.6 is 15.9 Å². The van der Waals surface area contributed by atoms with Gasteiger partial charge in [0.05, 0.1) is 18.6 Å². The molecule has 84 valence electrons. The smallest absolute Gasteiger partial charge is 0.268 e. The van der Waals surface area contributed by atoms with Crippen molar-refractivity contribution in [3.63, 3.8) is 0 Å². The Hall–Kier alpha value is -1.43. The fraction of sp³-hybridized carbons (Fsp3) is 0.300. The van der Waals surface area contributed by atoms with Crippen molar-refractivity contribution >= 4 is 15.9 Å². The van der Waals surface area contributed by atoms with E-state index in [0.29, 0.717) is 16.7 Å². The summed E-state index contributed by atoms with van der Waals surface area (Å²) in [6, 6.07) is 0. The van der Waals surface area contributed by atoms with E-state index < -0.39 is 0 Å². The normalized spacial score (nSPS) is 10.7. The van der Waals surface area contributed by atoms with Gasteiger partial charge < -0.3 is 4.52 Å². The molecule has 5 nitrogen and oxygen atoms in total. The van der Waals surface area contributed by atoms with Crippen molar-refractivity contribution in [1.29, 1.82) is 0 Å². The number of rotatable bonds is 2. The first-order valence-corrected chi connectivity index (χ1v) is 5.50. The fourth-order valence-electron chi connectivity index (χ4n) is 1.28. The molecule has 0 aliphatic heterocycles. The van der Waals surface area contributed by atoms with Gasteiger partial charge in [0, 0.05) is 5.56 Å². The fourth-order valence-corrected chi connectivity index (χ4v) is 1.61. The minimum atomic E-state index is -0.116. The summed E-state index contributed by atoms with van der Waals surface area (Å²) in [6.07, 6.45) is 3.06. The van der Waals surface area contributed by atoms with Crippen LogP contribution in [0.3, 0.4) is 0 Å². The third kappa shape index (κ3) is 1.92. The summed E-state index contributed by atoms with van der Waals surface area (Å²) < 4.78 is 6.78. The molecule has 0 saturated carbocycles. The van der Waals surface area contributed by atoms with Crippen molar-refractivity contribution in [2.24, 2.45) is 0 Å². The average Bonchev–Trinajstić information content (AvgIpc) is 2.65. The van der Waals surface area contributed by atoms with Gasteiger partial charge in [-0.15, -0.1) is 0 Å². The Morgan fingerprint density at radius 2 is 2.25 bits per heavy atom. The van der Waals surface area contributed by atoms with E-state index in [1.807, 2.05) is 6.92 Å². The summed E-state index contributed by atoms with van der Waals surface area (Å²) in [4.78, 5) is 16.0. The van der Waals surface area contributed by atoms with Gasteiger partial charge in [0.2, 0.25) is 0 Å². The Balaban J connectivity index is 2.40. The number of nitrogens with zero attached hydrogens (tertiary/aromatic N) is 3. The molecule has 0 atom stereocenters. The quantitative estimate of drug-likeness (QED) is 0.841. The van der Waals surface area contributed by atoms with Gasteiger partial charge in [0.25, 0.3) is 5.56 Å². The van der Waals surface area contributed by atoms with Crippen LogP contribution in [0, 0.1) is 13.8 Å². The van der Waals surface area contributed by atoms with Crippen LogP contribution in [0.5, 0.6) is 0 Å². The van der Waals surface area contributed by atoms with E-state index in [9.17, 15) is 4.79 Å². The molecule has 0 bridgehead atoms. The highest BCUT2D eigenvalue weighted by Crippen LogP contribution is 2.09. The lowest BCUT2D eigenvalue weighted by Gasteiger charge is -2.04. The molecule has 2 aromatic heterocycles. The molecule has 0 saturated heterocycles. The van der Waals surface area contributed by atoms with E-state index in [4.69, 9.17) is 4.52 Å². The van der Waals surface area contributed by atoms with Crippen LogP contribution in [-0.4, -0.2) is 14.7 Å². The number of aryl methyl sites for hydroxylation is 2. The molecule has 0 radical (unpaired) electrons. The Morgan fingerprint density at radius 3 is 2.88 bits per heavy atom. The highest BCUT2D eigenvalue weighted by molar-refractivity contribution is 9.10. The van der Waals surface area contributed by atoms with Gasteiger partial charge in [0.1, 0.15) is 16.4 Å². The van der Waals surface area contributed by atoms with E-state index in [1.165, 1.54) is 10.9 Å². The average molecular weight is 284 g/mol. The number of aromatic nitrogens is 3. The van der Waals surface area contributed by atoms with Crippen molar-refractivity contribution in [1.82, 2.24) is 14.7 Å². The largest absolute Gasteiger partial charge is 0.364 e. The highest BCUT2D eigenvalue weighted by atomic mass is 79.9. The molecule has 16 heavy (non-hydrogen) atoms. The zero-order chi connectivity index (χ0) is 11.7. The van der Waals surface area contributed by atoms with Gasteiger partial charge in [-0.1, -0.05) is 5.16 Å². The zero-order valence-electron chi connectivity index (χ0n) is 8.90. The van der Waals surface area contributed by atoms with E-state index in [2.05, 4.69) is 26.1 Å². The summed E-state index contributed by atoms with van der Waals surface area (Å²) in [6.45, 7) is 4.03. The molecule has 0 unspecified atom stereocenters. The van der Waals surface area contributed by atoms with Crippen molar-refractivity contribution in [2.45, 2.75) is 20.4 Å². The molecule has 0 aliphatic carbocycles. The van der Waals surface area contributed by atoms with Crippen LogP contribution in [-0.2, 0) is 6.54 Å². The van der Waals surface area contributed by atoms with E-state index in [-0.39, 0.29) is 5.56 Å². The maximum absolute atomic E-state index is 11.8. The van der Waals surface area contributed by atoms with Gasteiger partial charge >= 0.3 is 0 Å². The summed E-state index contributed by atoms with van der Waals surface area (Å²) >= 11 is 3.21. The number of hydrogen-bond donors (Lipinski definition) is 0. The van der Waals surface area contributed by atoms with Gasteiger partial charge in [-0.05, 0) is 29.8 Å². The lowest BCUT2D eigenvalue weighted by atomic mass is 10.3. The molecule has 6 heteroatoms. The first-order chi connectivity index (χ1) is 7.59. The van der Waals surface area contributed by atoms with Gasteiger partial charge in [-0.2, -0.15) is 0 Å². The van der Waals surface area contributed by atoms with Gasteiger partial charge in [-0.25, -0.2) is 4.98 Å². The molecule has 0 aromatic carbocycles. The SMILES string of the molecule is Cc1conc1Cn1cnc(C)c(Br)c1=O.